The van der Waals surface area contributed by atoms with Crippen molar-refractivity contribution < 1.29 is 29.6 Å². The molecule has 0 atom stereocenters. The number of rotatable bonds is 1. The Morgan fingerprint density at radius 3 is 2.00 bits per heavy atom. The van der Waals surface area contributed by atoms with E-state index in [0.29, 0.717) is 0 Å². The van der Waals surface area contributed by atoms with Crippen LogP contribution >= 0.6 is 0 Å². The van der Waals surface area contributed by atoms with Crippen LogP contribution in [0.5, 0.6) is 0 Å². The van der Waals surface area contributed by atoms with Crippen molar-refractivity contribution in [2.24, 2.45) is 5.92 Å². The van der Waals surface area contributed by atoms with Crippen LogP contribution in [0.25, 0.3) is 0 Å². The molecule has 0 aromatic carbocycles. The Hall–Kier alpha value is 1.00. The fourth-order valence-electron chi connectivity index (χ4n) is 1.47. The summed E-state index contributed by atoms with van der Waals surface area (Å²) in [7, 11) is 0. The van der Waals surface area contributed by atoms with Crippen molar-refractivity contribution in [2.75, 3.05) is 0 Å². The van der Waals surface area contributed by atoms with Crippen LogP contribution in [-0.4, -0.2) is 0 Å². The van der Waals surface area contributed by atoms with Gasteiger partial charge < -0.3 is 6.42 Å². The maximum absolute atomic E-state index is 2.36. The van der Waals surface area contributed by atoms with E-state index in [9.17, 15) is 0 Å². The maximum Gasteiger partial charge on any atom is 1.00 e. The van der Waals surface area contributed by atoms with E-state index in [4.69, 9.17) is 0 Å². The monoisotopic (exact) mass is 134 g/mol. The summed E-state index contributed by atoms with van der Waals surface area (Å²) in [6, 6.07) is 0. The van der Waals surface area contributed by atoms with E-state index in [2.05, 4.69) is 13.3 Å². The van der Waals surface area contributed by atoms with Crippen LogP contribution in [0.3, 0.4) is 0 Å². The summed E-state index contributed by atoms with van der Waals surface area (Å²) in [5.74, 6) is 0.962. The van der Waals surface area contributed by atoms with Gasteiger partial charge in [-0.25, -0.2) is 0 Å². The molecule has 0 bridgehead atoms. The molecule has 1 aliphatic carbocycles. The van der Waals surface area contributed by atoms with Crippen LogP contribution in [0, 0.1) is 12.3 Å². The van der Waals surface area contributed by atoms with Gasteiger partial charge in [0.2, 0.25) is 0 Å². The first-order valence-electron chi connectivity index (χ1n) is 3.73. The standard InChI is InChI=1S/C8H15.Na/c1-2-8-6-4-3-5-7-8;/h2,8H,3-7H2,1H3;/q-1;+1. The maximum atomic E-state index is 2.36. The first kappa shape index (κ1) is 10.0. The third-order valence-corrected chi connectivity index (χ3v) is 2.12. The van der Waals surface area contributed by atoms with Gasteiger partial charge in [-0.1, -0.05) is 32.1 Å². The third kappa shape index (κ3) is 3.64. The summed E-state index contributed by atoms with van der Waals surface area (Å²) in [6.45, 7) is 2.19. The van der Waals surface area contributed by atoms with Crippen molar-refractivity contribution in [1.82, 2.24) is 0 Å². The predicted molar refractivity (Wildman–Crippen MR) is 36.5 cm³/mol. The van der Waals surface area contributed by atoms with Crippen LogP contribution < -0.4 is 29.6 Å². The molecular formula is C8H15Na. The summed E-state index contributed by atoms with van der Waals surface area (Å²) >= 11 is 0. The average molecular weight is 134 g/mol. The average Bonchev–Trinajstić information content (AvgIpc) is 1.90. The van der Waals surface area contributed by atoms with E-state index >= 15 is 0 Å². The second-order valence-electron chi connectivity index (χ2n) is 2.73. The van der Waals surface area contributed by atoms with E-state index < -0.39 is 0 Å². The molecule has 0 aromatic heterocycles. The van der Waals surface area contributed by atoms with Crippen molar-refractivity contribution in [3.63, 3.8) is 0 Å². The van der Waals surface area contributed by atoms with Gasteiger partial charge in [0.1, 0.15) is 0 Å². The molecule has 1 saturated carbocycles. The molecule has 0 N–H and O–H groups in total. The summed E-state index contributed by atoms with van der Waals surface area (Å²) in [4.78, 5) is 0. The van der Waals surface area contributed by atoms with Crippen LogP contribution in [0.1, 0.15) is 39.0 Å². The van der Waals surface area contributed by atoms with Gasteiger partial charge >= 0.3 is 29.6 Å². The van der Waals surface area contributed by atoms with Crippen LogP contribution in [-0.2, 0) is 0 Å². The second kappa shape index (κ2) is 5.76. The van der Waals surface area contributed by atoms with Crippen molar-refractivity contribution in [1.29, 1.82) is 0 Å². The molecule has 0 unspecified atom stereocenters. The molecule has 0 saturated heterocycles. The third-order valence-electron chi connectivity index (χ3n) is 2.12. The molecule has 0 heterocycles. The van der Waals surface area contributed by atoms with Crippen LogP contribution in [0.15, 0.2) is 0 Å². The van der Waals surface area contributed by atoms with Crippen LogP contribution in [0.4, 0.5) is 0 Å². The largest absolute Gasteiger partial charge is 1.00 e. The topological polar surface area (TPSA) is 0 Å². The van der Waals surface area contributed by atoms with Crippen molar-refractivity contribution in [2.45, 2.75) is 39.0 Å². The molecule has 0 radical (unpaired) electrons. The Bertz CT molecular complexity index is 55.6. The predicted octanol–water partition coefficient (Wildman–Crippen LogP) is -0.205. The normalized spacial score (nSPS) is 21.0. The molecule has 48 valence electrons. The molecule has 0 nitrogen and oxygen atoms in total. The first-order chi connectivity index (χ1) is 3.93. The summed E-state index contributed by atoms with van der Waals surface area (Å²) < 4.78 is 0. The summed E-state index contributed by atoms with van der Waals surface area (Å²) in [5, 5.41) is 0. The molecule has 9 heavy (non-hydrogen) atoms. The minimum atomic E-state index is 0. The van der Waals surface area contributed by atoms with Gasteiger partial charge in [-0.05, 0) is 0 Å². The minimum absolute atomic E-state index is 0. The molecule has 1 fully saturated rings. The Balaban J connectivity index is 0.000000640. The van der Waals surface area contributed by atoms with Gasteiger partial charge in [0, 0.05) is 0 Å². The zero-order valence-corrected chi connectivity index (χ0v) is 8.69. The minimum Gasteiger partial charge on any atom is -0.328 e. The fourth-order valence-corrected chi connectivity index (χ4v) is 1.47. The molecule has 1 rings (SSSR count). The van der Waals surface area contributed by atoms with Gasteiger partial charge in [0.25, 0.3) is 0 Å². The van der Waals surface area contributed by atoms with Crippen molar-refractivity contribution in [3.05, 3.63) is 6.42 Å². The fraction of sp³-hybridized carbons (Fsp3) is 0.875. The van der Waals surface area contributed by atoms with E-state index in [1.165, 1.54) is 32.1 Å². The molecule has 1 aliphatic rings. The quantitative estimate of drug-likeness (QED) is 0.344. The summed E-state index contributed by atoms with van der Waals surface area (Å²) in [5.41, 5.74) is 0. The van der Waals surface area contributed by atoms with E-state index in [1.54, 1.807) is 0 Å². The SMILES string of the molecule is C[CH-]C1CCCCC1.[Na+]. The van der Waals surface area contributed by atoms with Crippen molar-refractivity contribution in [3.8, 4) is 0 Å². The van der Waals surface area contributed by atoms with Crippen LogP contribution in [0.2, 0.25) is 0 Å². The first-order valence-corrected chi connectivity index (χ1v) is 3.73. The Morgan fingerprint density at radius 1 is 1.11 bits per heavy atom. The molecule has 0 aromatic rings. The van der Waals surface area contributed by atoms with E-state index in [-0.39, 0.29) is 29.6 Å². The van der Waals surface area contributed by atoms with Gasteiger partial charge in [-0.3, -0.25) is 0 Å². The van der Waals surface area contributed by atoms with Gasteiger partial charge in [-0.2, -0.15) is 12.8 Å². The number of hydrogen-bond acceptors (Lipinski definition) is 0. The van der Waals surface area contributed by atoms with E-state index in [1.807, 2.05) is 0 Å². The molecule has 0 aliphatic heterocycles. The number of hydrogen-bond donors (Lipinski definition) is 0. The smallest absolute Gasteiger partial charge is 0.328 e. The van der Waals surface area contributed by atoms with Gasteiger partial charge in [-0.15, -0.1) is 0 Å². The van der Waals surface area contributed by atoms with Gasteiger partial charge in [0.05, 0.1) is 0 Å². The zero-order valence-electron chi connectivity index (χ0n) is 6.69. The van der Waals surface area contributed by atoms with Gasteiger partial charge in [0.15, 0.2) is 0 Å². The molecule has 0 amide bonds. The Labute approximate surface area is 80.7 Å². The molecular weight excluding hydrogens is 119 g/mol. The van der Waals surface area contributed by atoms with Crippen molar-refractivity contribution >= 4 is 0 Å². The Morgan fingerprint density at radius 2 is 1.67 bits per heavy atom. The Kier molecular flexibility index (Phi) is 6.40. The molecule has 1 heteroatoms. The summed E-state index contributed by atoms with van der Waals surface area (Å²) in [6.07, 6.45) is 9.68. The molecule has 0 spiro atoms. The van der Waals surface area contributed by atoms with E-state index in [0.717, 1.165) is 5.92 Å². The zero-order chi connectivity index (χ0) is 5.82. The second-order valence-corrected chi connectivity index (χ2v) is 2.73.